The van der Waals surface area contributed by atoms with Crippen LogP contribution in [-0.4, -0.2) is 11.7 Å². The molecule has 0 spiro atoms. The fraction of sp³-hybridized carbons (Fsp3) is 0.429. The molecule has 0 atom stereocenters. The maximum absolute atomic E-state index is 11.7. The normalized spacial score (nSPS) is 11.2. The average molecular weight is 233 g/mol. The number of primary amides is 1. The summed E-state index contributed by atoms with van der Waals surface area (Å²) in [5.41, 5.74) is 6.91. The second-order valence-electron chi connectivity index (χ2n) is 5.22. The summed E-state index contributed by atoms with van der Waals surface area (Å²) >= 11 is 0. The molecule has 0 aliphatic rings. The maximum atomic E-state index is 11.7. The summed E-state index contributed by atoms with van der Waals surface area (Å²) in [5, 5.41) is 0. The molecule has 1 aromatic rings. The van der Waals surface area contributed by atoms with Gasteiger partial charge in [0.1, 0.15) is 0 Å². The molecule has 0 aliphatic carbocycles. The van der Waals surface area contributed by atoms with Crippen molar-refractivity contribution < 1.29 is 9.59 Å². The smallest absolute Gasteiger partial charge is 0.217 e. The predicted octanol–water partition coefficient (Wildman–Crippen LogP) is 2.43. The van der Waals surface area contributed by atoms with E-state index in [2.05, 4.69) is 20.8 Å². The molecule has 92 valence electrons. The van der Waals surface area contributed by atoms with E-state index < -0.39 is 5.91 Å². The molecule has 0 fully saturated rings. The Bertz CT molecular complexity index is 413. The molecule has 1 amide bonds. The molecule has 1 aromatic carbocycles. The van der Waals surface area contributed by atoms with Gasteiger partial charge in [-0.15, -0.1) is 0 Å². The Kier molecular flexibility index (Phi) is 4.05. The third-order valence-electron chi connectivity index (χ3n) is 2.67. The number of carbonyl (C=O) groups excluding carboxylic acids is 2. The molecule has 17 heavy (non-hydrogen) atoms. The van der Waals surface area contributed by atoms with Crippen molar-refractivity contribution in [1.29, 1.82) is 0 Å². The van der Waals surface area contributed by atoms with Crippen LogP contribution in [0, 0.1) is 0 Å². The van der Waals surface area contributed by atoms with E-state index in [1.54, 1.807) is 0 Å². The van der Waals surface area contributed by atoms with Crippen molar-refractivity contribution >= 4 is 11.7 Å². The van der Waals surface area contributed by atoms with Gasteiger partial charge < -0.3 is 5.73 Å². The summed E-state index contributed by atoms with van der Waals surface area (Å²) in [5.74, 6) is -0.478. The maximum Gasteiger partial charge on any atom is 0.217 e. The molecule has 0 aliphatic heterocycles. The topological polar surface area (TPSA) is 60.2 Å². The number of ketones is 1. The van der Waals surface area contributed by atoms with E-state index in [0.29, 0.717) is 5.56 Å². The van der Waals surface area contributed by atoms with Crippen molar-refractivity contribution in [1.82, 2.24) is 0 Å². The van der Waals surface area contributed by atoms with Gasteiger partial charge in [-0.2, -0.15) is 0 Å². The molecular weight excluding hydrogens is 214 g/mol. The summed E-state index contributed by atoms with van der Waals surface area (Å²) in [4.78, 5) is 22.3. The Hall–Kier alpha value is -1.64. The van der Waals surface area contributed by atoms with Gasteiger partial charge in [0.25, 0.3) is 0 Å². The summed E-state index contributed by atoms with van der Waals surface area (Å²) in [6.07, 6.45) is 0.296. The van der Waals surface area contributed by atoms with Crippen LogP contribution in [0.2, 0.25) is 0 Å². The van der Waals surface area contributed by atoms with Crippen LogP contribution in [0.15, 0.2) is 24.3 Å². The highest BCUT2D eigenvalue weighted by atomic mass is 16.1. The van der Waals surface area contributed by atoms with E-state index in [4.69, 9.17) is 5.73 Å². The lowest BCUT2D eigenvalue weighted by molar-refractivity contribution is -0.118. The molecule has 3 heteroatoms. The van der Waals surface area contributed by atoms with Gasteiger partial charge in [-0.25, -0.2) is 0 Å². The second kappa shape index (κ2) is 5.13. The minimum absolute atomic E-state index is 0.0377. The van der Waals surface area contributed by atoms with E-state index in [9.17, 15) is 9.59 Å². The fourth-order valence-corrected chi connectivity index (χ4v) is 1.54. The molecule has 0 bridgehead atoms. The van der Waals surface area contributed by atoms with Gasteiger partial charge in [0, 0.05) is 18.4 Å². The zero-order chi connectivity index (χ0) is 13.1. The number of amides is 1. The fourth-order valence-electron chi connectivity index (χ4n) is 1.54. The number of hydrogen-bond acceptors (Lipinski definition) is 2. The molecule has 0 aromatic heterocycles. The lowest BCUT2D eigenvalue weighted by Gasteiger charge is -2.18. The van der Waals surface area contributed by atoms with Crippen LogP contribution in [-0.2, 0) is 10.2 Å². The lowest BCUT2D eigenvalue weighted by atomic mass is 9.86. The molecule has 0 unspecified atom stereocenters. The van der Waals surface area contributed by atoms with E-state index >= 15 is 0 Å². The number of nitrogens with two attached hydrogens (primary N) is 1. The number of hydrogen-bond donors (Lipinski definition) is 1. The number of rotatable bonds is 4. The van der Waals surface area contributed by atoms with Crippen LogP contribution in [0.25, 0.3) is 0 Å². The van der Waals surface area contributed by atoms with Crippen LogP contribution in [0.3, 0.4) is 0 Å². The van der Waals surface area contributed by atoms with Gasteiger partial charge in [-0.3, -0.25) is 9.59 Å². The van der Waals surface area contributed by atoms with Crippen LogP contribution >= 0.6 is 0 Å². The third kappa shape index (κ3) is 4.02. The highest BCUT2D eigenvalue weighted by Gasteiger charge is 2.14. The molecule has 0 radical (unpaired) electrons. The molecule has 0 heterocycles. The predicted molar refractivity (Wildman–Crippen MR) is 67.9 cm³/mol. The zero-order valence-corrected chi connectivity index (χ0v) is 10.6. The van der Waals surface area contributed by atoms with Crippen LogP contribution < -0.4 is 5.73 Å². The van der Waals surface area contributed by atoms with Crippen molar-refractivity contribution in [2.75, 3.05) is 0 Å². The Morgan fingerprint density at radius 1 is 1.06 bits per heavy atom. The Morgan fingerprint density at radius 3 is 2.00 bits per heavy atom. The number of Topliss-reactive ketones (excluding diaryl/α,β-unsaturated/α-hetero) is 1. The van der Waals surface area contributed by atoms with Crippen molar-refractivity contribution in [3.8, 4) is 0 Å². The first-order chi connectivity index (χ1) is 7.80. The lowest BCUT2D eigenvalue weighted by Crippen LogP contribution is -2.13. The Balaban J connectivity index is 2.74. The standard InChI is InChI=1S/C14H19NO2/c1-14(2,3)11-6-4-10(5-7-11)12(16)8-9-13(15)17/h4-7H,8-9H2,1-3H3,(H2,15,17). The van der Waals surface area contributed by atoms with Crippen molar-refractivity contribution in [3.05, 3.63) is 35.4 Å². The van der Waals surface area contributed by atoms with Gasteiger partial charge in [-0.05, 0) is 11.0 Å². The van der Waals surface area contributed by atoms with E-state index in [1.807, 2.05) is 24.3 Å². The zero-order valence-electron chi connectivity index (χ0n) is 10.6. The summed E-state index contributed by atoms with van der Waals surface area (Å²) < 4.78 is 0. The highest BCUT2D eigenvalue weighted by Crippen LogP contribution is 2.22. The van der Waals surface area contributed by atoms with Gasteiger partial charge >= 0.3 is 0 Å². The van der Waals surface area contributed by atoms with Gasteiger partial charge in [0.2, 0.25) is 5.91 Å². The van der Waals surface area contributed by atoms with Gasteiger partial charge in [0.15, 0.2) is 5.78 Å². The van der Waals surface area contributed by atoms with Gasteiger partial charge in [0.05, 0.1) is 0 Å². The van der Waals surface area contributed by atoms with Crippen molar-refractivity contribution in [2.45, 2.75) is 39.0 Å². The Morgan fingerprint density at radius 2 is 1.59 bits per heavy atom. The van der Waals surface area contributed by atoms with E-state index in [-0.39, 0.29) is 24.0 Å². The summed E-state index contributed by atoms with van der Waals surface area (Å²) in [6.45, 7) is 6.37. The summed E-state index contributed by atoms with van der Waals surface area (Å²) in [7, 11) is 0. The SMILES string of the molecule is CC(C)(C)c1ccc(C(=O)CCC(N)=O)cc1. The second-order valence-corrected chi connectivity index (χ2v) is 5.22. The molecule has 1 rings (SSSR count). The van der Waals surface area contributed by atoms with Crippen molar-refractivity contribution in [3.63, 3.8) is 0 Å². The molecule has 0 saturated heterocycles. The Labute approximate surface area is 102 Å². The summed E-state index contributed by atoms with van der Waals surface area (Å²) in [6, 6.07) is 7.53. The first kappa shape index (κ1) is 13.4. The third-order valence-corrected chi connectivity index (χ3v) is 2.67. The van der Waals surface area contributed by atoms with Gasteiger partial charge in [-0.1, -0.05) is 45.0 Å². The highest BCUT2D eigenvalue weighted by molar-refractivity contribution is 5.97. The number of carbonyl (C=O) groups is 2. The van der Waals surface area contributed by atoms with E-state index in [0.717, 1.165) is 0 Å². The van der Waals surface area contributed by atoms with E-state index in [1.165, 1.54) is 5.56 Å². The minimum atomic E-state index is -0.440. The largest absolute Gasteiger partial charge is 0.370 e. The molecular formula is C14H19NO2. The average Bonchev–Trinajstić information content (AvgIpc) is 2.25. The molecule has 0 saturated carbocycles. The molecule has 2 N–H and O–H groups in total. The number of benzene rings is 1. The minimum Gasteiger partial charge on any atom is -0.370 e. The molecule has 3 nitrogen and oxygen atoms in total. The monoisotopic (exact) mass is 233 g/mol. The first-order valence-corrected chi connectivity index (χ1v) is 5.73. The van der Waals surface area contributed by atoms with Crippen molar-refractivity contribution in [2.24, 2.45) is 5.73 Å². The van der Waals surface area contributed by atoms with Crippen LogP contribution in [0.1, 0.15) is 49.5 Å². The first-order valence-electron chi connectivity index (χ1n) is 5.73. The quantitative estimate of drug-likeness (QED) is 0.812. The van der Waals surface area contributed by atoms with Crippen LogP contribution in [0.5, 0.6) is 0 Å². The van der Waals surface area contributed by atoms with Crippen LogP contribution in [0.4, 0.5) is 0 Å².